The van der Waals surface area contributed by atoms with Crippen LogP contribution in [0.5, 0.6) is 5.75 Å². The predicted octanol–water partition coefficient (Wildman–Crippen LogP) is 6.77. The molecule has 1 aliphatic rings. The minimum atomic E-state index is 0.738. The third-order valence-corrected chi connectivity index (χ3v) is 5.10. The molecule has 136 valence electrons. The number of ether oxygens (including phenoxy) is 1. The van der Waals surface area contributed by atoms with Crippen LogP contribution in [0.2, 0.25) is 0 Å². The Bertz CT molecular complexity index is 550. The van der Waals surface area contributed by atoms with Crippen LogP contribution >= 0.6 is 0 Å². The van der Waals surface area contributed by atoms with E-state index in [0.717, 1.165) is 36.2 Å². The van der Waals surface area contributed by atoms with Crippen LogP contribution in [-0.2, 0) is 0 Å². The number of hydrogen-bond donors (Lipinski definition) is 0. The summed E-state index contributed by atoms with van der Waals surface area (Å²) in [5.74, 6) is 9.06. The monoisotopic (exact) mass is 338 g/mol. The Hall–Kier alpha value is -1.68. The molecule has 0 amide bonds. The normalized spacial score (nSPS) is 20.2. The zero-order chi connectivity index (χ0) is 17.7. The molecule has 0 heterocycles. The van der Waals surface area contributed by atoms with Crippen LogP contribution in [0.25, 0.3) is 0 Å². The SMILES string of the molecule is CCCCC[C@H]1CC[C@H](C=CC#Cc2ccc(OCCC)cc2)CC1. The topological polar surface area (TPSA) is 9.23 Å². The lowest BCUT2D eigenvalue weighted by atomic mass is 9.79. The van der Waals surface area contributed by atoms with Crippen molar-refractivity contribution in [2.24, 2.45) is 11.8 Å². The largest absolute Gasteiger partial charge is 0.494 e. The quantitative estimate of drug-likeness (QED) is 0.375. The smallest absolute Gasteiger partial charge is 0.119 e. The highest BCUT2D eigenvalue weighted by molar-refractivity contribution is 5.40. The van der Waals surface area contributed by atoms with Crippen LogP contribution < -0.4 is 4.74 Å². The van der Waals surface area contributed by atoms with Crippen molar-refractivity contribution in [3.05, 3.63) is 42.0 Å². The molecule has 0 spiro atoms. The van der Waals surface area contributed by atoms with Crippen LogP contribution in [0.15, 0.2) is 36.4 Å². The molecule has 2 rings (SSSR count). The van der Waals surface area contributed by atoms with E-state index in [-0.39, 0.29) is 0 Å². The van der Waals surface area contributed by atoms with Gasteiger partial charge in [-0.3, -0.25) is 0 Å². The molecule has 1 nitrogen and oxygen atoms in total. The Kier molecular flexibility index (Phi) is 9.27. The van der Waals surface area contributed by atoms with Crippen LogP contribution in [0.1, 0.15) is 77.2 Å². The fourth-order valence-electron chi connectivity index (χ4n) is 3.52. The van der Waals surface area contributed by atoms with Crippen molar-refractivity contribution < 1.29 is 4.74 Å². The first-order valence-electron chi connectivity index (χ1n) is 10.2. The highest BCUT2D eigenvalue weighted by Crippen LogP contribution is 2.32. The molecule has 25 heavy (non-hydrogen) atoms. The lowest BCUT2D eigenvalue weighted by Gasteiger charge is -2.26. The molecule has 0 N–H and O–H groups in total. The maximum Gasteiger partial charge on any atom is 0.119 e. The molecule has 1 aliphatic carbocycles. The fraction of sp³-hybridized carbons (Fsp3) is 0.583. The maximum absolute atomic E-state index is 5.59. The molecular weight excluding hydrogens is 304 g/mol. The van der Waals surface area contributed by atoms with Crippen molar-refractivity contribution in [2.45, 2.75) is 71.6 Å². The summed E-state index contributed by atoms with van der Waals surface area (Å²) in [5, 5.41) is 0. The van der Waals surface area contributed by atoms with Crippen LogP contribution in [0.3, 0.4) is 0 Å². The van der Waals surface area contributed by atoms with Gasteiger partial charge in [0.05, 0.1) is 6.61 Å². The molecule has 1 aromatic carbocycles. The fourth-order valence-corrected chi connectivity index (χ4v) is 3.52. The van der Waals surface area contributed by atoms with Gasteiger partial charge in [-0.15, -0.1) is 0 Å². The second-order valence-electron chi connectivity index (χ2n) is 7.28. The number of benzene rings is 1. The van der Waals surface area contributed by atoms with Crippen LogP contribution in [0.4, 0.5) is 0 Å². The van der Waals surface area contributed by atoms with Gasteiger partial charge in [-0.2, -0.15) is 0 Å². The second-order valence-corrected chi connectivity index (χ2v) is 7.28. The standard InChI is InChI=1S/C24H34O/c1-3-5-6-9-21-12-14-22(15-13-21)10-7-8-11-23-16-18-24(19-17-23)25-20-4-2/h7,10,16-19,21-22H,3-6,9,12-15,20H2,1-2H3/t21-,22-. The average Bonchev–Trinajstić information content (AvgIpc) is 2.66. The minimum absolute atomic E-state index is 0.738. The molecule has 0 radical (unpaired) electrons. The summed E-state index contributed by atoms with van der Waals surface area (Å²) < 4.78 is 5.59. The third kappa shape index (κ3) is 7.82. The second kappa shape index (κ2) is 11.8. The van der Waals surface area contributed by atoms with Gasteiger partial charge in [0.25, 0.3) is 0 Å². The summed E-state index contributed by atoms with van der Waals surface area (Å²) >= 11 is 0. The van der Waals surface area contributed by atoms with Crippen molar-refractivity contribution in [3.8, 4) is 17.6 Å². The number of rotatable bonds is 8. The Morgan fingerprint density at radius 1 is 1.00 bits per heavy atom. The van der Waals surface area contributed by atoms with Gasteiger partial charge < -0.3 is 4.74 Å². The highest BCUT2D eigenvalue weighted by Gasteiger charge is 2.18. The van der Waals surface area contributed by atoms with E-state index in [1.165, 1.54) is 51.4 Å². The van der Waals surface area contributed by atoms with E-state index in [0.29, 0.717) is 0 Å². The lowest BCUT2D eigenvalue weighted by Crippen LogP contribution is -2.12. The van der Waals surface area contributed by atoms with Crippen molar-refractivity contribution in [2.75, 3.05) is 6.61 Å². The summed E-state index contributed by atoms with van der Waals surface area (Å²) in [6.07, 6.45) is 16.5. The highest BCUT2D eigenvalue weighted by atomic mass is 16.5. The predicted molar refractivity (Wildman–Crippen MR) is 108 cm³/mol. The summed E-state index contributed by atoms with van der Waals surface area (Å²) in [5.41, 5.74) is 1.05. The number of allylic oxidation sites excluding steroid dienone is 2. The van der Waals surface area contributed by atoms with Gasteiger partial charge in [0, 0.05) is 5.56 Å². The van der Waals surface area contributed by atoms with Gasteiger partial charge in [-0.05, 0) is 74.3 Å². The van der Waals surface area contributed by atoms with Gasteiger partial charge in [0.2, 0.25) is 0 Å². The lowest BCUT2D eigenvalue weighted by molar-refractivity contribution is 0.289. The van der Waals surface area contributed by atoms with E-state index >= 15 is 0 Å². The third-order valence-electron chi connectivity index (χ3n) is 5.10. The van der Waals surface area contributed by atoms with Crippen molar-refractivity contribution in [3.63, 3.8) is 0 Å². The van der Waals surface area contributed by atoms with Gasteiger partial charge in [0.1, 0.15) is 5.75 Å². The molecule has 0 aliphatic heterocycles. The van der Waals surface area contributed by atoms with E-state index < -0.39 is 0 Å². The maximum atomic E-state index is 5.59. The van der Waals surface area contributed by atoms with Crippen molar-refractivity contribution >= 4 is 0 Å². The first-order valence-corrected chi connectivity index (χ1v) is 10.2. The van der Waals surface area contributed by atoms with Crippen LogP contribution in [0, 0.1) is 23.7 Å². The molecule has 1 heteroatoms. The Morgan fingerprint density at radius 3 is 2.44 bits per heavy atom. The van der Waals surface area contributed by atoms with Gasteiger partial charge in [-0.25, -0.2) is 0 Å². The summed E-state index contributed by atoms with van der Waals surface area (Å²) in [6.45, 7) is 5.18. The molecule has 1 fully saturated rings. The zero-order valence-corrected chi connectivity index (χ0v) is 16.1. The molecule has 0 atom stereocenters. The van der Waals surface area contributed by atoms with Crippen LogP contribution in [-0.4, -0.2) is 6.61 Å². The van der Waals surface area contributed by atoms with Crippen molar-refractivity contribution in [1.29, 1.82) is 0 Å². The molecule has 1 aromatic rings. The Balaban J connectivity index is 1.70. The van der Waals surface area contributed by atoms with Gasteiger partial charge in [0.15, 0.2) is 0 Å². The summed E-state index contributed by atoms with van der Waals surface area (Å²) in [6, 6.07) is 8.08. The molecule has 0 bridgehead atoms. The van der Waals surface area contributed by atoms with E-state index in [1.807, 2.05) is 24.3 Å². The van der Waals surface area contributed by atoms with Crippen molar-refractivity contribution in [1.82, 2.24) is 0 Å². The van der Waals surface area contributed by atoms with E-state index in [1.54, 1.807) is 0 Å². The van der Waals surface area contributed by atoms with E-state index in [4.69, 9.17) is 4.74 Å². The first kappa shape index (κ1) is 19.6. The van der Waals surface area contributed by atoms with Gasteiger partial charge in [-0.1, -0.05) is 57.4 Å². The minimum Gasteiger partial charge on any atom is -0.494 e. The summed E-state index contributed by atoms with van der Waals surface area (Å²) in [7, 11) is 0. The summed E-state index contributed by atoms with van der Waals surface area (Å²) in [4.78, 5) is 0. The zero-order valence-electron chi connectivity index (χ0n) is 16.1. The van der Waals surface area contributed by atoms with E-state index in [2.05, 4.69) is 37.8 Å². The molecule has 0 saturated heterocycles. The molecule has 1 saturated carbocycles. The molecular formula is C24H34O. The Morgan fingerprint density at radius 2 is 1.76 bits per heavy atom. The molecule has 0 aromatic heterocycles. The first-order chi connectivity index (χ1) is 12.3. The van der Waals surface area contributed by atoms with E-state index in [9.17, 15) is 0 Å². The van der Waals surface area contributed by atoms with Gasteiger partial charge >= 0.3 is 0 Å². The Labute approximate surface area is 154 Å². The number of unbranched alkanes of at least 4 members (excludes halogenated alkanes) is 2. The number of hydrogen-bond acceptors (Lipinski definition) is 1. The average molecular weight is 339 g/mol. The molecule has 0 unspecified atom stereocenters.